The first-order valence-corrected chi connectivity index (χ1v) is 9.37. The van der Waals surface area contributed by atoms with Gasteiger partial charge in [0.2, 0.25) is 0 Å². The maximum Gasteiger partial charge on any atom is 0.323 e. The molecule has 1 aromatic carbocycles. The SMILES string of the molecule is CC(C)Cn1ncc(NC(=O)Nc2cccc(CCC(=O)O)c2)c1C1CC1. The monoisotopic (exact) mass is 370 g/mol. The summed E-state index contributed by atoms with van der Waals surface area (Å²) < 4.78 is 2.00. The van der Waals surface area contributed by atoms with Crippen molar-refractivity contribution in [1.82, 2.24) is 9.78 Å². The van der Waals surface area contributed by atoms with E-state index in [4.69, 9.17) is 5.11 Å². The molecule has 1 heterocycles. The molecule has 3 rings (SSSR count). The van der Waals surface area contributed by atoms with E-state index in [9.17, 15) is 9.59 Å². The summed E-state index contributed by atoms with van der Waals surface area (Å²) in [7, 11) is 0. The van der Waals surface area contributed by atoms with E-state index in [2.05, 4.69) is 29.6 Å². The maximum atomic E-state index is 12.4. The van der Waals surface area contributed by atoms with Gasteiger partial charge in [-0.1, -0.05) is 26.0 Å². The molecule has 0 unspecified atom stereocenters. The standard InChI is InChI=1S/C20H26N4O3/c1-13(2)12-24-19(15-7-8-15)17(11-21-24)23-20(27)22-16-5-3-4-14(10-16)6-9-18(25)26/h3-5,10-11,13,15H,6-9,12H2,1-2H3,(H,25,26)(H2,22,23,27). The summed E-state index contributed by atoms with van der Waals surface area (Å²) in [5, 5.41) is 19.0. The predicted molar refractivity (Wildman–Crippen MR) is 104 cm³/mol. The second kappa shape index (κ2) is 8.24. The van der Waals surface area contributed by atoms with Crippen molar-refractivity contribution in [3.8, 4) is 0 Å². The average Bonchev–Trinajstić information content (AvgIpc) is 3.36. The average molecular weight is 370 g/mol. The number of aromatic nitrogens is 2. The first kappa shape index (κ1) is 18.9. The van der Waals surface area contributed by atoms with Crippen molar-refractivity contribution in [2.24, 2.45) is 5.92 Å². The van der Waals surface area contributed by atoms with Gasteiger partial charge in [0.15, 0.2) is 0 Å². The van der Waals surface area contributed by atoms with Gasteiger partial charge in [0.1, 0.15) is 0 Å². The molecule has 7 nitrogen and oxygen atoms in total. The largest absolute Gasteiger partial charge is 0.481 e. The fourth-order valence-corrected chi connectivity index (χ4v) is 3.11. The molecule has 0 spiro atoms. The molecule has 2 amide bonds. The molecule has 7 heteroatoms. The predicted octanol–water partition coefficient (Wildman–Crippen LogP) is 4.08. The van der Waals surface area contributed by atoms with Crippen molar-refractivity contribution >= 4 is 23.4 Å². The van der Waals surface area contributed by atoms with Crippen LogP contribution in [-0.4, -0.2) is 26.9 Å². The Bertz CT molecular complexity index is 824. The molecule has 0 atom stereocenters. The number of amides is 2. The third kappa shape index (κ3) is 5.32. The van der Waals surface area contributed by atoms with Gasteiger partial charge in [0, 0.05) is 24.6 Å². The molecule has 1 fully saturated rings. The highest BCUT2D eigenvalue weighted by Crippen LogP contribution is 2.43. The van der Waals surface area contributed by atoms with Gasteiger partial charge in [-0.15, -0.1) is 0 Å². The summed E-state index contributed by atoms with van der Waals surface area (Å²) in [5.41, 5.74) is 3.38. The van der Waals surface area contributed by atoms with Gasteiger partial charge >= 0.3 is 12.0 Å². The molecule has 1 aromatic heterocycles. The van der Waals surface area contributed by atoms with Crippen LogP contribution in [0.1, 0.15) is 50.3 Å². The lowest BCUT2D eigenvalue weighted by atomic mass is 10.1. The molecule has 3 N–H and O–H groups in total. The number of urea groups is 1. The zero-order valence-electron chi connectivity index (χ0n) is 15.7. The van der Waals surface area contributed by atoms with E-state index in [0.717, 1.165) is 36.3 Å². The van der Waals surface area contributed by atoms with Crippen LogP contribution in [0.4, 0.5) is 16.2 Å². The maximum absolute atomic E-state index is 12.4. The van der Waals surface area contributed by atoms with E-state index in [1.165, 1.54) is 0 Å². The number of nitrogens with zero attached hydrogens (tertiary/aromatic N) is 2. The van der Waals surface area contributed by atoms with Gasteiger partial charge in [0.25, 0.3) is 0 Å². The van der Waals surface area contributed by atoms with Crippen LogP contribution in [0.3, 0.4) is 0 Å². The van der Waals surface area contributed by atoms with Crippen molar-refractivity contribution < 1.29 is 14.7 Å². The number of rotatable bonds is 8. The second-order valence-electron chi connectivity index (χ2n) is 7.47. The van der Waals surface area contributed by atoms with Crippen LogP contribution in [0.2, 0.25) is 0 Å². The Balaban J connectivity index is 1.65. The molecule has 2 aromatic rings. The summed E-state index contributed by atoms with van der Waals surface area (Å²) in [6.07, 6.45) is 4.48. The summed E-state index contributed by atoms with van der Waals surface area (Å²) in [6, 6.07) is 6.92. The quantitative estimate of drug-likeness (QED) is 0.652. The van der Waals surface area contributed by atoms with Crippen LogP contribution < -0.4 is 10.6 Å². The van der Waals surface area contributed by atoms with Gasteiger partial charge in [-0.25, -0.2) is 4.79 Å². The van der Waals surface area contributed by atoms with E-state index in [1.807, 2.05) is 16.8 Å². The minimum absolute atomic E-state index is 0.0649. The molecule has 0 saturated heterocycles. The summed E-state index contributed by atoms with van der Waals surface area (Å²) in [4.78, 5) is 23.1. The summed E-state index contributed by atoms with van der Waals surface area (Å²) >= 11 is 0. The Labute approximate surface area is 158 Å². The number of hydrogen-bond donors (Lipinski definition) is 3. The van der Waals surface area contributed by atoms with E-state index in [-0.39, 0.29) is 12.5 Å². The fraction of sp³-hybridized carbons (Fsp3) is 0.450. The highest BCUT2D eigenvalue weighted by atomic mass is 16.4. The highest BCUT2D eigenvalue weighted by Gasteiger charge is 2.31. The molecule has 0 radical (unpaired) electrons. The van der Waals surface area contributed by atoms with E-state index < -0.39 is 5.97 Å². The minimum atomic E-state index is -0.836. The number of carbonyl (C=O) groups is 2. The molecule has 0 bridgehead atoms. The number of hydrogen-bond acceptors (Lipinski definition) is 3. The van der Waals surface area contributed by atoms with Crippen LogP contribution >= 0.6 is 0 Å². The number of carboxylic acid groups (broad SMARTS) is 1. The lowest BCUT2D eigenvalue weighted by Gasteiger charge is -2.12. The Morgan fingerprint density at radius 3 is 2.74 bits per heavy atom. The van der Waals surface area contributed by atoms with E-state index >= 15 is 0 Å². The third-order valence-electron chi connectivity index (χ3n) is 4.44. The van der Waals surface area contributed by atoms with Gasteiger partial charge in [-0.2, -0.15) is 5.10 Å². The smallest absolute Gasteiger partial charge is 0.323 e. The minimum Gasteiger partial charge on any atom is -0.481 e. The van der Waals surface area contributed by atoms with E-state index in [1.54, 1.807) is 18.3 Å². The number of benzene rings is 1. The molecular weight excluding hydrogens is 344 g/mol. The topological polar surface area (TPSA) is 96.3 Å². The number of aliphatic carboxylic acids is 1. The summed E-state index contributed by atoms with van der Waals surface area (Å²) in [5.74, 6) is 0.121. The zero-order valence-corrected chi connectivity index (χ0v) is 15.7. The van der Waals surface area contributed by atoms with Crippen molar-refractivity contribution in [3.63, 3.8) is 0 Å². The van der Waals surface area contributed by atoms with Crippen LogP contribution in [0.15, 0.2) is 30.5 Å². The highest BCUT2D eigenvalue weighted by molar-refractivity contribution is 6.00. The summed E-state index contributed by atoms with van der Waals surface area (Å²) in [6.45, 7) is 5.13. The number of nitrogens with one attached hydrogen (secondary N) is 2. The van der Waals surface area contributed by atoms with Crippen molar-refractivity contribution in [1.29, 1.82) is 0 Å². The Hall–Kier alpha value is -2.83. The Kier molecular flexibility index (Phi) is 5.78. The molecule has 0 aliphatic heterocycles. The first-order valence-electron chi connectivity index (χ1n) is 9.37. The molecule has 144 valence electrons. The normalized spacial score (nSPS) is 13.6. The van der Waals surface area contributed by atoms with Crippen molar-refractivity contribution in [3.05, 3.63) is 41.7 Å². The second-order valence-corrected chi connectivity index (χ2v) is 7.47. The van der Waals surface area contributed by atoms with Gasteiger partial charge in [-0.3, -0.25) is 9.48 Å². The molecule has 27 heavy (non-hydrogen) atoms. The van der Waals surface area contributed by atoms with Gasteiger partial charge in [-0.05, 0) is 42.9 Å². The molecular formula is C20H26N4O3. The number of anilines is 2. The number of carbonyl (C=O) groups excluding carboxylic acids is 1. The van der Waals surface area contributed by atoms with Crippen molar-refractivity contribution in [2.75, 3.05) is 10.6 Å². The van der Waals surface area contributed by atoms with E-state index in [0.29, 0.717) is 23.9 Å². The lowest BCUT2D eigenvalue weighted by molar-refractivity contribution is -0.136. The number of carboxylic acids is 1. The zero-order chi connectivity index (χ0) is 19.4. The van der Waals surface area contributed by atoms with Gasteiger partial charge in [0.05, 0.1) is 17.6 Å². The van der Waals surface area contributed by atoms with Gasteiger partial charge < -0.3 is 15.7 Å². The number of aryl methyl sites for hydroxylation is 1. The fourth-order valence-electron chi connectivity index (χ4n) is 3.11. The molecule has 1 aliphatic carbocycles. The Morgan fingerprint density at radius 2 is 2.07 bits per heavy atom. The molecule has 1 aliphatic rings. The van der Waals surface area contributed by atoms with Crippen LogP contribution in [0.25, 0.3) is 0 Å². The Morgan fingerprint density at radius 1 is 1.30 bits per heavy atom. The first-order chi connectivity index (χ1) is 12.9. The third-order valence-corrected chi connectivity index (χ3v) is 4.44. The molecule has 1 saturated carbocycles. The van der Waals surface area contributed by atoms with Crippen LogP contribution in [-0.2, 0) is 17.8 Å². The van der Waals surface area contributed by atoms with Crippen molar-refractivity contribution in [2.45, 2.75) is 52.0 Å². The van der Waals surface area contributed by atoms with Crippen LogP contribution in [0.5, 0.6) is 0 Å². The van der Waals surface area contributed by atoms with Crippen LogP contribution in [0, 0.1) is 5.92 Å². The lowest BCUT2D eigenvalue weighted by Crippen LogP contribution is -2.20.